The van der Waals surface area contributed by atoms with E-state index in [0.29, 0.717) is 12.0 Å². The van der Waals surface area contributed by atoms with Crippen LogP contribution in [0.3, 0.4) is 0 Å². The highest BCUT2D eigenvalue weighted by Gasteiger charge is 2.27. The Balaban J connectivity index is 2.22. The van der Waals surface area contributed by atoms with Crippen molar-refractivity contribution in [3.63, 3.8) is 0 Å². The van der Waals surface area contributed by atoms with Gasteiger partial charge in [0, 0.05) is 18.0 Å². The molecule has 4 heteroatoms. The molecule has 1 aliphatic rings. The minimum Gasteiger partial charge on any atom is -0.368 e. The van der Waals surface area contributed by atoms with Gasteiger partial charge in [0.05, 0.1) is 0 Å². The molecule has 1 aromatic rings. The Morgan fingerprint density at radius 2 is 2.14 bits per heavy atom. The van der Waals surface area contributed by atoms with Crippen molar-refractivity contribution in [2.45, 2.75) is 38.6 Å². The van der Waals surface area contributed by atoms with Crippen LogP contribution in [0.25, 0.3) is 0 Å². The maximum atomic E-state index is 4.48. The van der Waals surface area contributed by atoms with Crippen LogP contribution in [0.2, 0.25) is 0 Å². The van der Waals surface area contributed by atoms with Crippen LogP contribution in [0, 0.1) is 0 Å². The van der Waals surface area contributed by atoms with Crippen molar-refractivity contribution in [2.75, 3.05) is 5.32 Å². The van der Waals surface area contributed by atoms with Crippen LogP contribution in [-0.4, -0.2) is 16.0 Å². The lowest BCUT2D eigenvalue weighted by Gasteiger charge is -2.10. The molecule has 0 aliphatic heterocycles. The van der Waals surface area contributed by atoms with Gasteiger partial charge in [0.1, 0.15) is 16.2 Å². The van der Waals surface area contributed by atoms with Gasteiger partial charge in [-0.15, -0.1) is 0 Å². The van der Waals surface area contributed by atoms with E-state index in [1.807, 2.05) is 6.07 Å². The van der Waals surface area contributed by atoms with Crippen molar-refractivity contribution in [2.24, 2.45) is 0 Å². The molecule has 76 valence electrons. The summed E-state index contributed by atoms with van der Waals surface area (Å²) in [6, 6.07) is 2.33. The topological polar surface area (TPSA) is 37.8 Å². The maximum Gasteiger partial charge on any atom is 0.135 e. The normalized spacial score (nSPS) is 16.0. The first kappa shape index (κ1) is 9.90. The second-order valence-corrected chi connectivity index (χ2v) is 4.82. The number of rotatable bonds is 3. The highest BCUT2D eigenvalue weighted by Crippen LogP contribution is 2.38. The van der Waals surface area contributed by atoms with Gasteiger partial charge in [-0.1, -0.05) is 0 Å². The van der Waals surface area contributed by atoms with Crippen molar-refractivity contribution in [1.29, 1.82) is 0 Å². The molecule has 0 aromatic carbocycles. The predicted octanol–water partition coefficient (Wildman–Crippen LogP) is 2.94. The number of aromatic nitrogens is 2. The zero-order valence-electron chi connectivity index (χ0n) is 8.42. The van der Waals surface area contributed by atoms with Crippen molar-refractivity contribution in [1.82, 2.24) is 9.97 Å². The fourth-order valence-electron chi connectivity index (χ4n) is 1.33. The Labute approximate surface area is 92.5 Å². The molecule has 0 spiro atoms. The Kier molecular flexibility index (Phi) is 2.72. The third kappa shape index (κ3) is 2.44. The Hall–Kier alpha value is -0.640. The first-order valence-corrected chi connectivity index (χ1v) is 5.75. The largest absolute Gasteiger partial charge is 0.368 e. The van der Waals surface area contributed by atoms with Crippen molar-refractivity contribution in [3.05, 3.63) is 16.5 Å². The fourth-order valence-corrected chi connectivity index (χ4v) is 1.73. The molecule has 14 heavy (non-hydrogen) atoms. The highest BCUT2D eigenvalue weighted by molar-refractivity contribution is 9.10. The smallest absolute Gasteiger partial charge is 0.135 e. The van der Waals surface area contributed by atoms with Crippen LogP contribution in [0.15, 0.2) is 10.7 Å². The van der Waals surface area contributed by atoms with Crippen LogP contribution >= 0.6 is 15.9 Å². The van der Waals surface area contributed by atoms with E-state index in [1.165, 1.54) is 12.8 Å². The summed E-state index contributed by atoms with van der Waals surface area (Å²) in [5.41, 5.74) is 0. The van der Waals surface area contributed by atoms with Crippen LogP contribution in [0.1, 0.15) is 38.4 Å². The Morgan fingerprint density at radius 1 is 1.43 bits per heavy atom. The molecule has 0 saturated heterocycles. The maximum absolute atomic E-state index is 4.48. The summed E-state index contributed by atoms with van der Waals surface area (Å²) in [7, 11) is 0. The predicted molar refractivity (Wildman–Crippen MR) is 60.5 cm³/mol. The number of nitrogens with one attached hydrogen (secondary N) is 1. The summed E-state index contributed by atoms with van der Waals surface area (Å²) < 4.78 is 0.873. The summed E-state index contributed by atoms with van der Waals surface area (Å²) in [6.45, 7) is 4.21. The molecule has 0 atom stereocenters. The van der Waals surface area contributed by atoms with Gasteiger partial charge in [0.25, 0.3) is 0 Å². The highest BCUT2D eigenvalue weighted by atomic mass is 79.9. The van der Waals surface area contributed by atoms with E-state index in [-0.39, 0.29) is 0 Å². The molecule has 1 aromatic heterocycles. The van der Waals surface area contributed by atoms with Gasteiger partial charge in [-0.05, 0) is 42.6 Å². The summed E-state index contributed by atoms with van der Waals surface area (Å²) in [4.78, 5) is 8.85. The Morgan fingerprint density at radius 3 is 2.71 bits per heavy atom. The molecule has 1 saturated carbocycles. The standard InChI is InChI=1S/C10H14BrN3/c1-6(2)12-9-5-8(11)13-10(14-9)7-3-4-7/h5-7H,3-4H2,1-2H3,(H,12,13,14). The number of hydrogen-bond donors (Lipinski definition) is 1. The van der Waals surface area contributed by atoms with Crippen LogP contribution in [0.4, 0.5) is 5.82 Å². The van der Waals surface area contributed by atoms with Gasteiger partial charge in [0.15, 0.2) is 0 Å². The molecule has 3 nitrogen and oxygen atoms in total. The van der Waals surface area contributed by atoms with Gasteiger partial charge < -0.3 is 5.32 Å². The second kappa shape index (κ2) is 3.85. The quantitative estimate of drug-likeness (QED) is 0.845. The van der Waals surface area contributed by atoms with Gasteiger partial charge in [0.2, 0.25) is 0 Å². The first-order chi connectivity index (χ1) is 6.65. The third-order valence-corrected chi connectivity index (χ3v) is 2.50. The molecule has 1 N–H and O–H groups in total. The Bertz CT molecular complexity index is 334. The molecule has 1 fully saturated rings. The molecular formula is C10H14BrN3. The fraction of sp³-hybridized carbons (Fsp3) is 0.600. The molecule has 2 rings (SSSR count). The lowest BCUT2D eigenvalue weighted by molar-refractivity contribution is 0.860. The van der Waals surface area contributed by atoms with Crippen molar-refractivity contribution < 1.29 is 0 Å². The van der Waals surface area contributed by atoms with Crippen LogP contribution in [0.5, 0.6) is 0 Å². The molecule has 0 amide bonds. The van der Waals surface area contributed by atoms with E-state index in [9.17, 15) is 0 Å². The summed E-state index contributed by atoms with van der Waals surface area (Å²) in [5.74, 6) is 2.49. The second-order valence-electron chi connectivity index (χ2n) is 4.01. The molecule has 0 unspecified atom stereocenters. The molecule has 0 bridgehead atoms. The number of halogens is 1. The average Bonchev–Trinajstić information content (AvgIpc) is 2.82. The van der Waals surface area contributed by atoms with Crippen molar-refractivity contribution in [3.8, 4) is 0 Å². The van der Waals surface area contributed by atoms with Crippen LogP contribution < -0.4 is 5.32 Å². The van der Waals surface area contributed by atoms with Gasteiger partial charge in [-0.3, -0.25) is 0 Å². The number of hydrogen-bond acceptors (Lipinski definition) is 3. The lowest BCUT2D eigenvalue weighted by atomic mass is 10.3. The van der Waals surface area contributed by atoms with E-state index in [1.54, 1.807) is 0 Å². The van der Waals surface area contributed by atoms with Crippen molar-refractivity contribution >= 4 is 21.7 Å². The first-order valence-electron chi connectivity index (χ1n) is 4.96. The van der Waals surface area contributed by atoms with Gasteiger partial charge in [-0.2, -0.15) is 0 Å². The van der Waals surface area contributed by atoms with E-state index in [0.717, 1.165) is 16.2 Å². The molecule has 0 radical (unpaired) electrons. The SMILES string of the molecule is CC(C)Nc1cc(Br)nc(C2CC2)n1. The lowest BCUT2D eigenvalue weighted by Crippen LogP contribution is -2.12. The third-order valence-electron chi connectivity index (χ3n) is 2.09. The molecule has 1 heterocycles. The average molecular weight is 256 g/mol. The van der Waals surface area contributed by atoms with Gasteiger partial charge in [-0.25, -0.2) is 9.97 Å². The van der Waals surface area contributed by atoms with E-state index >= 15 is 0 Å². The zero-order chi connectivity index (χ0) is 10.1. The van der Waals surface area contributed by atoms with E-state index < -0.39 is 0 Å². The summed E-state index contributed by atoms with van der Waals surface area (Å²) in [5, 5.41) is 3.29. The molecular weight excluding hydrogens is 242 g/mol. The minimum absolute atomic E-state index is 0.406. The monoisotopic (exact) mass is 255 g/mol. The van der Waals surface area contributed by atoms with E-state index in [4.69, 9.17) is 0 Å². The zero-order valence-corrected chi connectivity index (χ0v) is 10.0. The number of nitrogens with zero attached hydrogens (tertiary/aromatic N) is 2. The minimum atomic E-state index is 0.406. The van der Waals surface area contributed by atoms with Gasteiger partial charge >= 0.3 is 0 Å². The number of anilines is 1. The summed E-state index contributed by atoms with van der Waals surface area (Å²) >= 11 is 3.41. The summed E-state index contributed by atoms with van der Waals surface area (Å²) in [6.07, 6.45) is 2.47. The molecule has 1 aliphatic carbocycles. The van der Waals surface area contributed by atoms with Crippen LogP contribution in [-0.2, 0) is 0 Å². The van der Waals surface area contributed by atoms with E-state index in [2.05, 4.69) is 45.1 Å².